The molecule has 0 radical (unpaired) electrons. The molecule has 4 nitrogen and oxygen atoms in total. The maximum atomic E-state index is 10.5. The van der Waals surface area contributed by atoms with Crippen molar-refractivity contribution in [2.45, 2.75) is 13.8 Å². The highest BCUT2D eigenvalue weighted by Crippen LogP contribution is 2.20. The first kappa shape index (κ1) is 14.8. The van der Waals surface area contributed by atoms with Gasteiger partial charge in [-0.25, -0.2) is 4.79 Å². The molecule has 0 heterocycles. The minimum atomic E-state index is -0.955. The summed E-state index contributed by atoms with van der Waals surface area (Å²) in [6.45, 7) is 4.49. The van der Waals surface area contributed by atoms with Gasteiger partial charge in [0, 0.05) is 25.4 Å². The Morgan fingerprint density at radius 1 is 1.58 bits per heavy atom. The number of aliphatic carboxylic acids is 1. The maximum Gasteiger partial charge on any atom is 0.328 e. The molecular weight excluding hydrogens is 240 g/mol. The van der Waals surface area contributed by atoms with Gasteiger partial charge in [0.05, 0.1) is 12.0 Å². The molecule has 0 aromatic heterocycles. The van der Waals surface area contributed by atoms with E-state index >= 15 is 0 Å². The molecule has 1 N–H and O–H groups in total. The minimum Gasteiger partial charge on any atom is -0.478 e. The van der Waals surface area contributed by atoms with E-state index in [0.717, 1.165) is 22.9 Å². The molecule has 0 bridgehead atoms. The predicted octanol–water partition coefficient (Wildman–Crippen LogP) is 2.69. The average molecular weight is 258 g/mol. The monoisotopic (exact) mass is 258 g/mol. The molecule has 4 heteroatoms. The van der Waals surface area contributed by atoms with Gasteiger partial charge in [-0.15, -0.1) is 0 Å². The van der Waals surface area contributed by atoms with Crippen molar-refractivity contribution in [2.75, 3.05) is 18.5 Å². The molecule has 1 aromatic rings. The summed E-state index contributed by atoms with van der Waals surface area (Å²) < 4.78 is 0. The number of benzene rings is 1. The largest absolute Gasteiger partial charge is 0.478 e. The second kappa shape index (κ2) is 6.60. The summed E-state index contributed by atoms with van der Waals surface area (Å²) in [6, 6.07) is 8.01. The van der Waals surface area contributed by atoms with Crippen molar-refractivity contribution in [1.29, 1.82) is 5.26 Å². The van der Waals surface area contributed by atoms with Crippen molar-refractivity contribution >= 4 is 17.7 Å². The Morgan fingerprint density at radius 3 is 2.79 bits per heavy atom. The van der Waals surface area contributed by atoms with Crippen molar-refractivity contribution in [2.24, 2.45) is 5.92 Å². The maximum absolute atomic E-state index is 10.5. The molecule has 1 aromatic carbocycles. The summed E-state index contributed by atoms with van der Waals surface area (Å²) in [4.78, 5) is 12.5. The molecule has 100 valence electrons. The Labute approximate surface area is 113 Å². The fourth-order valence-electron chi connectivity index (χ4n) is 1.80. The highest BCUT2D eigenvalue weighted by Gasteiger charge is 2.07. The minimum absolute atomic E-state index is 0.0307. The van der Waals surface area contributed by atoms with E-state index in [0.29, 0.717) is 6.54 Å². The summed E-state index contributed by atoms with van der Waals surface area (Å²) in [5.74, 6) is -0.986. The van der Waals surface area contributed by atoms with Crippen LogP contribution < -0.4 is 4.90 Å². The van der Waals surface area contributed by atoms with E-state index in [9.17, 15) is 4.79 Å². The number of carboxylic acid groups (broad SMARTS) is 1. The van der Waals surface area contributed by atoms with Crippen molar-refractivity contribution in [3.63, 3.8) is 0 Å². The van der Waals surface area contributed by atoms with Crippen LogP contribution in [0.5, 0.6) is 0 Å². The number of aryl methyl sites for hydroxylation is 1. The third kappa shape index (κ3) is 4.47. The lowest BCUT2D eigenvalue weighted by Gasteiger charge is -2.21. The molecule has 0 fully saturated rings. The van der Waals surface area contributed by atoms with Crippen LogP contribution in [-0.2, 0) is 4.79 Å². The molecule has 0 saturated heterocycles. The normalized spacial score (nSPS) is 12.1. The second-order valence-corrected chi connectivity index (χ2v) is 4.62. The molecule has 1 rings (SSSR count). The topological polar surface area (TPSA) is 64.3 Å². The number of nitrogens with zero attached hydrogens (tertiary/aromatic N) is 2. The molecule has 0 aliphatic heterocycles. The van der Waals surface area contributed by atoms with Gasteiger partial charge >= 0.3 is 5.97 Å². The van der Waals surface area contributed by atoms with Gasteiger partial charge in [0.25, 0.3) is 0 Å². The lowest BCUT2D eigenvalue weighted by molar-refractivity contribution is -0.131. The van der Waals surface area contributed by atoms with Crippen LogP contribution in [0.3, 0.4) is 0 Å². The van der Waals surface area contributed by atoms with E-state index in [1.807, 2.05) is 44.0 Å². The van der Waals surface area contributed by atoms with Crippen molar-refractivity contribution < 1.29 is 9.90 Å². The third-order valence-corrected chi connectivity index (χ3v) is 2.87. The van der Waals surface area contributed by atoms with E-state index < -0.39 is 5.97 Å². The second-order valence-electron chi connectivity index (χ2n) is 4.62. The summed E-state index contributed by atoms with van der Waals surface area (Å²) in [5, 5.41) is 17.4. The van der Waals surface area contributed by atoms with Crippen LogP contribution in [0.15, 0.2) is 24.3 Å². The van der Waals surface area contributed by atoms with Gasteiger partial charge in [0.15, 0.2) is 0 Å². The van der Waals surface area contributed by atoms with Gasteiger partial charge in [0.1, 0.15) is 0 Å². The van der Waals surface area contributed by atoms with Crippen LogP contribution in [0.1, 0.15) is 18.1 Å². The van der Waals surface area contributed by atoms with Gasteiger partial charge in [-0.05, 0) is 43.2 Å². The Morgan fingerprint density at radius 2 is 2.26 bits per heavy atom. The van der Waals surface area contributed by atoms with Crippen molar-refractivity contribution in [1.82, 2.24) is 0 Å². The lowest BCUT2D eigenvalue weighted by atomic mass is 10.1. The number of rotatable bonds is 5. The van der Waals surface area contributed by atoms with Crippen LogP contribution in [0.4, 0.5) is 5.69 Å². The van der Waals surface area contributed by atoms with E-state index in [2.05, 4.69) is 6.07 Å². The van der Waals surface area contributed by atoms with E-state index in [-0.39, 0.29) is 5.92 Å². The predicted molar refractivity (Wildman–Crippen MR) is 75.9 cm³/mol. The van der Waals surface area contributed by atoms with Crippen LogP contribution in [-0.4, -0.2) is 24.7 Å². The summed E-state index contributed by atoms with van der Waals surface area (Å²) in [7, 11) is 1.94. The molecule has 0 aliphatic rings. The molecule has 1 unspecified atom stereocenters. The summed E-state index contributed by atoms with van der Waals surface area (Å²) in [6.07, 6.45) is 2.71. The Balaban J connectivity index is 2.88. The van der Waals surface area contributed by atoms with Crippen molar-refractivity contribution in [3.05, 3.63) is 35.4 Å². The SMILES string of the molecule is Cc1cc(N(C)CC(C)C#N)ccc1C=CC(=O)O. The zero-order valence-electron chi connectivity index (χ0n) is 11.4. The molecule has 1 atom stereocenters. The van der Waals surface area contributed by atoms with E-state index in [1.54, 1.807) is 6.08 Å². The lowest BCUT2D eigenvalue weighted by Crippen LogP contribution is -2.23. The summed E-state index contributed by atoms with van der Waals surface area (Å²) in [5.41, 5.74) is 2.91. The Bertz CT molecular complexity index is 529. The fourth-order valence-corrected chi connectivity index (χ4v) is 1.80. The van der Waals surface area contributed by atoms with E-state index in [1.165, 1.54) is 0 Å². The first-order valence-electron chi connectivity index (χ1n) is 6.06. The quantitative estimate of drug-likeness (QED) is 0.825. The molecule has 0 spiro atoms. The Hall–Kier alpha value is -2.28. The smallest absolute Gasteiger partial charge is 0.328 e. The molecule has 19 heavy (non-hydrogen) atoms. The zero-order valence-corrected chi connectivity index (χ0v) is 11.4. The molecule has 0 amide bonds. The van der Waals surface area contributed by atoms with Crippen LogP contribution >= 0.6 is 0 Å². The fraction of sp³-hybridized carbons (Fsp3) is 0.333. The molecule has 0 aliphatic carbocycles. The number of hydrogen-bond acceptors (Lipinski definition) is 3. The van der Waals surface area contributed by atoms with Gasteiger partial charge in [-0.1, -0.05) is 6.07 Å². The van der Waals surface area contributed by atoms with E-state index in [4.69, 9.17) is 10.4 Å². The van der Waals surface area contributed by atoms with Gasteiger partial charge in [-0.2, -0.15) is 5.26 Å². The number of carboxylic acids is 1. The van der Waals surface area contributed by atoms with Crippen LogP contribution in [0, 0.1) is 24.2 Å². The number of carbonyl (C=O) groups is 1. The molecule has 0 saturated carbocycles. The zero-order chi connectivity index (χ0) is 14.4. The first-order chi connectivity index (χ1) is 8.93. The summed E-state index contributed by atoms with van der Waals surface area (Å²) >= 11 is 0. The van der Waals surface area contributed by atoms with Gasteiger partial charge in [-0.3, -0.25) is 0 Å². The number of anilines is 1. The van der Waals surface area contributed by atoms with Crippen molar-refractivity contribution in [3.8, 4) is 6.07 Å². The Kier molecular flexibility index (Phi) is 5.13. The standard InChI is InChI=1S/C15H18N2O2/c1-11(9-16)10-17(3)14-6-4-13(12(2)8-14)5-7-15(18)19/h4-8,11H,10H2,1-3H3,(H,18,19). The highest BCUT2D eigenvalue weighted by atomic mass is 16.4. The first-order valence-corrected chi connectivity index (χ1v) is 6.06. The number of nitriles is 1. The average Bonchev–Trinajstić information content (AvgIpc) is 2.36. The molecular formula is C15H18N2O2. The van der Waals surface area contributed by atoms with Gasteiger partial charge < -0.3 is 10.0 Å². The highest BCUT2D eigenvalue weighted by molar-refractivity contribution is 5.85. The van der Waals surface area contributed by atoms with Gasteiger partial charge in [0.2, 0.25) is 0 Å². The third-order valence-electron chi connectivity index (χ3n) is 2.87. The van der Waals surface area contributed by atoms with Crippen LogP contribution in [0.25, 0.3) is 6.08 Å². The number of hydrogen-bond donors (Lipinski definition) is 1. The van der Waals surface area contributed by atoms with Crippen LogP contribution in [0.2, 0.25) is 0 Å².